The second-order valence-corrected chi connectivity index (χ2v) is 7.98. The van der Waals surface area contributed by atoms with Crippen LogP contribution in [0.4, 0.5) is 4.79 Å². The van der Waals surface area contributed by atoms with Gasteiger partial charge in [-0.25, -0.2) is 9.59 Å². The maximum absolute atomic E-state index is 12.7. The molecule has 0 fully saturated rings. The third-order valence-corrected chi connectivity index (χ3v) is 4.95. The number of aliphatic hydroxyl groups excluding tert-OH is 1. The van der Waals surface area contributed by atoms with Crippen molar-refractivity contribution in [2.45, 2.75) is 32.8 Å². The molecule has 33 heavy (non-hydrogen) atoms. The fraction of sp³-hybridized carbons (Fsp3) is 0.320. The van der Waals surface area contributed by atoms with E-state index < -0.39 is 29.5 Å². The van der Waals surface area contributed by atoms with E-state index in [4.69, 9.17) is 19.7 Å². The topological polar surface area (TPSA) is 122 Å². The van der Waals surface area contributed by atoms with Crippen LogP contribution >= 0.6 is 0 Å². The molecule has 0 radical (unpaired) electrons. The van der Waals surface area contributed by atoms with Crippen molar-refractivity contribution >= 4 is 18.0 Å². The van der Waals surface area contributed by atoms with Crippen LogP contribution in [0.15, 0.2) is 66.7 Å². The summed E-state index contributed by atoms with van der Waals surface area (Å²) in [7, 11) is 0. The summed E-state index contributed by atoms with van der Waals surface area (Å²) in [6, 6.07) is 15.3. The molecular weight excluding hydrogens is 426 g/mol. The first-order chi connectivity index (χ1) is 15.7. The Hall–Kier alpha value is -3.65. The van der Waals surface area contributed by atoms with Crippen LogP contribution < -0.4 is 10.1 Å². The number of aliphatic hydroxyl groups is 1. The minimum atomic E-state index is -1.04. The molecule has 0 aromatic heterocycles. The lowest BCUT2D eigenvalue weighted by atomic mass is 9.78. The van der Waals surface area contributed by atoms with Crippen molar-refractivity contribution in [3.63, 3.8) is 0 Å². The number of carbonyl (C=O) groups excluding carboxylic acids is 2. The fourth-order valence-electron chi connectivity index (χ4n) is 3.29. The Morgan fingerprint density at radius 1 is 1.06 bits per heavy atom. The zero-order chi connectivity index (χ0) is 24.3. The molecule has 0 saturated heterocycles. The number of imide groups is 1. The molecule has 0 bridgehead atoms. The lowest BCUT2D eigenvalue weighted by Crippen LogP contribution is -2.35. The number of carboxylic acid groups (broad SMARTS) is 1. The summed E-state index contributed by atoms with van der Waals surface area (Å²) in [6.45, 7) is 3.63. The van der Waals surface area contributed by atoms with Gasteiger partial charge in [0.25, 0.3) is 5.91 Å². The van der Waals surface area contributed by atoms with Gasteiger partial charge in [-0.05, 0) is 31.0 Å². The molecule has 0 heterocycles. The summed E-state index contributed by atoms with van der Waals surface area (Å²) in [6.07, 6.45) is 1.78. The Bertz CT molecular complexity index is 970. The molecule has 8 heteroatoms. The molecule has 8 nitrogen and oxygen atoms in total. The predicted octanol–water partition coefficient (Wildman–Crippen LogP) is 4.11. The predicted molar refractivity (Wildman–Crippen MR) is 122 cm³/mol. The average Bonchev–Trinajstić information content (AvgIpc) is 2.79. The summed E-state index contributed by atoms with van der Waals surface area (Å²) in [4.78, 5) is 35.8. The van der Waals surface area contributed by atoms with E-state index >= 15 is 0 Å². The van der Waals surface area contributed by atoms with E-state index in [9.17, 15) is 14.4 Å². The van der Waals surface area contributed by atoms with Crippen molar-refractivity contribution in [1.29, 1.82) is 0 Å². The van der Waals surface area contributed by atoms with Crippen LogP contribution in [0.3, 0.4) is 0 Å². The number of aliphatic carboxylic acids is 1. The highest BCUT2D eigenvalue weighted by Crippen LogP contribution is 2.43. The Morgan fingerprint density at radius 2 is 1.73 bits per heavy atom. The number of benzene rings is 2. The highest BCUT2D eigenvalue weighted by Gasteiger charge is 2.36. The van der Waals surface area contributed by atoms with E-state index in [1.165, 1.54) is 6.08 Å². The van der Waals surface area contributed by atoms with E-state index in [-0.39, 0.29) is 13.2 Å². The van der Waals surface area contributed by atoms with E-state index in [0.29, 0.717) is 29.7 Å². The first kappa shape index (κ1) is 25.6. The molecule has 3 N–H and O–H groups in total. The van der Waals surface area contributed by atoms with Crippen molar-refractivity contribution in [3.8, 4) is 5.75 Å². The quantitative estimate of drug-likeness (QED) is 0.436. The standard InChI is InChI=1S/C25H29NO7/c1-25(2,15-9-8-14-21(28)29)22(19-12-6-7-13-20(19)32-17-16-27)33-24(31)26-23(30)18-10-4-3-5-11-18/h3-8,10-14,22,27H,9,15-17H2,1-2H3,(H,28,29)(H,26,30,31)/b14-8+/t22-/m0/s1. The summed E-state index contributed by atoms with van der Waals surface area (Å²) in [5, 5.41) is 20.2. The summed E-state index contributed by atoms with van der Waals surface area (Å²) in [5.74, 6) is -1.19. The minimum Gasteiger partial charge on any atom is -0.491 e. The monoisotopic (exact) mass is 455 g/mol. The van der Waals surface area contributed by atoms with Crippen molar-refractivity contribution in [1.82, 2.24) is 5.32 Å². The van der Waals surface area contributed by atoms with Gasteiger partial charge in [-0.2, -0.15) is 0 Å². The van der Waals surface area contributed by atoms with Crippen LogP contribution in [0.5, 0.6) is 5.75 Å². The highest BCUT2D eigenvalue weighted by molar-refractivity contribution is 6.02. The summed E-state index contributed by atoms with van der Waals surface area (Å²) in [5.41, 5.74) is 0.227. The first-order valence-corrected chi connectivity index (χ1v) is 10.5. The minimum absolute atomic E-state index is 0.0597. The second kappa shape index (κ2) is 12.4. The van der Waals surface area contributed by atoms with Gasteiger partial charge in [-0.15, -0.1) is 0 Å². The van der Waals surface area contributed by atoms with E-state index in [2.05, 4.69) is 5.32 Å². The number of nitrogens with one attached hydrogen (secondary N) is 1. The number of amides is 2. The Kier molecular flexibility index (Phi) is 9.62. The van der Waals surface area contributed by atoms with E-state index in [1.54, 1.807) is 54.6 Å². The van der Waals surface area contributed by atoms with Gasteiger partial charge in [0.2, 0.25) is 0 Å². The van der Waals surface area contributed by atoms with Crippen molar-refractivity contribution in [2.75, 3.05) is 13.2 Å². The Balaban J connectivity index is 2.27. The van der Waals surface area contributed by atoms with Gasteiger partial charge in [-0.3, -0.25) is 10.1 Å². The van der Waals surface area contributed by atoms with Gasteiger partial charge >= 0.3 is 12.1 Å². The fourth-order valence-corrected chi connectivity index (χ4v) is 3.29. The van der Waals surface area contributed by atoms with Crippen LogP contribution in [0, 0.1) is 5.41 Å². The van der Waals surface area contributed by atoms with Crippen LogP contribution in [0.25, 0.3) is 0 Å². The molecule has 0 spiro atoms. The van der Waals surface area contributed by atoms with Gasteiger partial charge in [0.05, 0.1) is 6.61 Å². The van der Waals surface area contributed by atoms with Gasteiger partial charge in [0, 0.05) is 22.6 Å². The Morgan fingerprint density at radius 3 is 2.39 bits per heavy atom. The molecule has 2 rings (SSSR count). The molecule has 2 aromatic carbocycles. The van der Waals surface area contributed by atoms with E-state index in [1.807, 2.05) is 13.8 Å². The lowest BCUT2D eigenvalue weighted by molar-refractivity contribution is -0.131. The number of carbonyl (C=O) groups is 3. The number of hydrogen-bond acceptors (Lipinski definition) is 6. The van der Waals surface area contributed by atoms with Crippen molar-refractivity contribution in [2.24, 2.45) is 5.41 Å². The van der Waals surface area contributed by atoms with Crippen LogP contribution in [0.1, 0.15) is 48.7 Å². The first-order valence-electron chi connectivity index (χ1n) is 10.5. The number of para-hydroxylation sites is 1. The maximum Gasteiger partial charge on any atom is 0.414 e. The zero-order valence-corrected chi connectivity index (χ0v) is 18.7. The molecule has 0 aliphatic carbocycles. The largest absolute Gasteiger partial charge is 0.491 e. The van der Waals surface area contributed by atoms with Crippen molar-refractivity contribution in [3.05, 3.63) is 77.9 Å². The number of alkyl carbamates (subject to hydrolysis) is 1. The van der Waals surface area contributed by atoms with Crippen LogP contribution in [0.2, 0.25) is 0 Å². The third kappa shape index (κ3) is 8.08. The SMILES string of the molecule is CC(C)(CC/C=C/C(=O)O)[C@@H](OC(=O)NC(=O)c1ccccc1)c1ccccc1OCCO. The lowest BCUT2D eigenvalue weighted by Gasteiger charge is -2.34. The smallest absolute Gasteiger partial charge is 0.414 e. The summed E-state index contributed by atoms with van der Waals surface area (Å²) >= 11 is 0. The summed E-state index contributed by atoms with van der Waals surface area (Å²) < 4.78 is 11.4. The zero-order valence-electron chi connectivity index (χ0n) is 18.7. The van der Waals surface area contributed by atoms with Crippen molar-refractivity contribution < 1.29 is 34.1 Å². The number of rotatable bonds is 11. The molecule has 176 valence electrons. The molecular formula is C25H29NO7. The van der Waals surface area contributed by atoms with E-state index in [0.717, 1.165) is 6.08 Å². The van der Waals surface area contributed by atoms with Gasteiger partial charge in [0.15, 0.2) is 0 Å². The molecule has 0 aliphatic heterocycles. The molecule has 2 aromatic rings. The average molecular weight is 456 g/mol. The second-order valence-electron chi connectivity index (χ2n) is 7.98. The normalized spacial score (nSPS) is 12.2. The molecule has 0 saturated carbocycles. The molecule has 0 aliphatic rings. The van der Waals surface area contributed by atoms with Gasteiger partial charge in [-0.1, -0.05) is 56.3 Å². The van der Waals surface area contributed by atoms with Gasteiger partial charge in [0.1, 0.15) is 18.5 Å². The number of allylic oxidation sites excluding steroid dienone is 1. The van der Waals surface area contributed by atoms with Crippen LogP contribution in [-0.4, -0.2) is 41.4 Å². The van der Waals surface area contributed by atoms with Crippen LogP contribution in [-0.2, 0) is 9.53 Å². The highest BCUT2D eigenvalue weighted by atomic mass is 16.6. The molecule has 1 atom stereocenters. The number of carboxylic acids is 1. The molecule has 2 amide bonds. The number of ether oxygens (including phenoxy) is 2. The Labute approximate surface area is 192 Å². The van der Waals surface area contributed by atoms with Gasteiger partial charge < -0.3 is 19.7 Å². The maximum atomic E-state index is 12.7. The number of hydrogen-bond donors (Lipinski definition) is 3. The molecule has 0 unspecified atom stereocenters. The third-order valence-electron chi connectivity index (χ3n) is 4.95.